The van der Waals surface area contributed by atoms with Crippen LogP contribution >= 0.6 is 11.3 Å². The molecule has 4 heteroatoms. The molecule has 2 aromatic carbocycles. The molecule has 3 aromatic rings. The van der Waals surface area contributed by atoms with Crippen LogP contribution in [0.15, 0.2) is 42.5 Å². The van der Waals surface area contributed by atoms with Gasteiger partial charge in [-0.1, -0.05) is 36.4 Å². The van der Waals surface area contributed by atoms with Crippen molar-refractivity contribution in [2.75, 3.05) is 0 Å². The number of aliphatic carboxylic acids is 1. The topological polar surface area (TPSA) is 57.5 Å². The first-order valence-corrected chi connectivity index (χ1v) is 6.70. The first kappa shape index (κ1) is 12.1. The van der Waals surface area contributed by atoms with Gasteiger partial charge >= 0.3 is 5.97 Å². The molecule has 0 aliphatic rings. The van der Waals surface area contributed by atoms with Crippen LogP contribution in [0.5, 0.6) is 0 Å². The molecule has 0 spiro atoms. The highest BCUT2D eigenvalue weighted by molar-refractivity contribution is 7.26. The van der Waals surface area contributed by atoms with Crippen LogP contribution in [0, 0.1) is 0 Å². The number of carboxylic acid groups (broad SMARTS) is 1. The van der Waals surface area contributed by atoms with Crippen molar-refractivity contribution in [3.63, 3.8) is 0 Å². The highest BCUT2D eigenvalue weighted by Crippen LogP contribution is 2.39. The van der Waals surface area contributed by atoms with Crippen LogP contribution in [0.2, 0.25) is 0 Å². The minimum atomic E-state index is -1.87. The van der Waals surface area contributed by atoms with Crippen LogP contribution in [0.1, 0.15) is 12.5 Å². The number of thiophene rings is 1. The van der Waals surface area contributed by atoms with Crippen molar-refractivity contribution in [2.24, 2.45) is 0 Å². The molecule has 0 saturated heterocycles. The molecule has 19 heavy (non-hydrogen) atoms. The number of carboxylic acids is 1. The summed E-state index contributed by atoms with van der Waals surface area (Å²) in [5.41, 5.74) is -1.43. The van der Waals surface area contributed by atoms with E-state index in [0.717, 1.165) is 20.2 Å². The Balaban J connectivity index is 2.42. The van der Waals surface area contributed by atoms with Crippen molar-refractivity contribution in [1.82, 2.24) is 0 Å². The number of carbonyl (C=O) groups is 1. The van der Waals surface area contributed by atoms with E-state index in [9.17, 15) is 15.0 Å². The van der Waals surface area contributed by atoms with Crippen molar-refractivity contribution in [1.29, 1.82) is 0 Å². The fraction of sp³-hybridized carbons (Fsp3) is 0.133. The van der Waals surface area contributed by atoms with Gasteiger partial charge in [-0.2, -0.15) is 0 Å². The van der Waals surface area contributed by atoms with Crippen molar-refractivity contribution < 1.29 is 15.0 Å². The molecule has 2 N–H and O–H groups in total. The third-order valence-corrected chi connectivity index (χ3v) is 4.57. The predicted molar refractivity (Wildman–Crippen MR) is 76.5 cm³/mol. The van der Waals surface area contributed by atoms with Crippen LogP contribution in [-0.4, -0.2) is 16.2 Å². The SMILES string of the molecule is CC(O)(C(=O)O)c1cccc2c1sc1ccccc12. The zero-order valence-corrected chi connectivity index (χ0v) is 11.1. The molecule has 0 radical (unpaired) electrons. The third-order valence-electron chi connectivity index (χ3n) is 3.35. The van der Waals surface area contributed by atoms with E-state index in [1.165, 1.54) is 18.3 Å². The second kappa shape index (κ2) is 4.05. The summed E-state index contributed by atoms with van der Waals surface area (Å²) < 4.78 is 1.92. The second-order valence-corrected chi connectivity index (χ2v) is 5.71. The average molecular weight is 272 g/mol. The average Bonchev–Trinajstić information content (AvgIpc) is 2.76. The summed E-state index contributed by atoms with van der Waals surface area (Å²) in [6.07, 6.45) is 0. The summed E-state index contributed by atoms with van der Waals surface area (Å²) in [5, 5.41) is 21.5. The van der Waals surface area contributed by atoms with Gasteiger partial charge < -0.3 is 10.2 Å². The summed E-state index contributed by atoms with van der Waals surface area (Å²) in [6, 6.07) is 13.3. The fourth-order valence-electron chi connectivity index (χ4n) is 2.25. The second-order valence-electron chi connectivity index (χ2n) is 4.66. The molecule has 0 aliphatic heterocycles. The van der Waals surface area contributed by atoms with E-state index in [-0.39, 0.29) is 0 Å². The molecule has 1 heterocycles. The van der Waals surface area contributed by atoms with Gasteiger partial charge in [0.15, 0.2) is 5.60 Å². The maximum absolute atomic E-state index is 11.2. The molecule has 0 fully saturated rings. The molecule has 1 unspecified atom stereocenters. The molecule has 0 saturated carbocycles. The van der Waals surface area contributed by atoms with Crippen molar-refractivity contribution in [3.8, 4) is 0 Å². The Morgan fingerprint density at radius 2 is 1.79 bits per heavy atom. The zero-order valence-electron chi connectivity index (χ0n) is 10.3. The van der Waals surface area contributed by atoms with Gasteiger partial charge in [0.2, 0.25) is 0 Å². The van der Waals surface area contributed by atoms with Gasteiger partial charge in [-0.15, -0.1) is 11.3 Å². The molecule has 0 amide bonds. The summed E-state index contributed by atoms with van der Waals surface area (Å²) in [5.74, 6) is -1.24. The maximum Gasteiger partial charge on any atom is 0.340 e. The minimum Gasteiger partial charge on any atom is -0.479 e. The molecule has 0 aliphatic carbocycles. The Hall–Kier alpha value is -1.91. The van der Waals surface area contributed by atoms with E-state index < -0.39 is 11.6 Å². The Morgan fingerprint density at radius 3 is 2.53 bits per heavy atom. The lowest BCUT2D eigenvalue weighted by molar-refractivity contribution is -0.157. The molecule has 1 aromatic heterocycles. The minimum absolute atomic E-state index is 0.443. The lowest BCUT2D eigenvalue weighted by Crippen LogP contribution is -2.31. The number of rotatable bonds is 2. The number of hydrogen-bond donors (Lipinski definition) is 2. The van der Waals surface area contributed by atoms with Gasteiger partial charge in [0.05, 0.1) is 0 Å². The van der Waals surface area contributed by atoms with E-state index >= 15 is 0 Å². The van der Waals surface area contributed by atoms with Gasteiger partial charge in [0, 0.05) is 25.7 Å². The highest BCUT2D eigenvalue weighted by atomic mass is 32.1. The van der Waals surface area contributed by atoms with E-state index in [1.54, 1.807) is 12.1 Å². The van der Waals surface area contributed by atoms with E-state index in [4.69, 9.17) is 0 Å². The van der Waals surface area contributed by atoms with E-state index in [2.05, 4.69) is 0 Å². The Morgan fingerprint density at radius 1 is 1.11 bits per heavy atom. The standard InChI is InChI=1S/C15H12O3S/c1-15(18,14(16)17)11-7-4-6-10-9-5-2-3-8-12(9)19-13(10)11/h2-8,18H,1H3,(H,16,17). The maximum atomic E-state index is 11.2. The molecule has 0 bridgehead atoms. The summed E-state index contributed by atoms with van der Waals surface area (Å²) >= 11 is 1.51. The first-order valence-electron chi connectivity index (χ1n) is 5.88. The van der Waals surface area contributed by atoms with Crippen molar-refractivity contribution in [3.05, 3.63) is 48.0 Å². The molecule has 3 nitrogen and oxygen atoms in total. The van der Waals surface area contributed by atoms with Crippen LogP contribution in [0.3, 0.4) is 0 Å². The van der Waals surface area contributed by atoms with Crippen LogP contribution in [0.25, 0.3) is 20.2 Å². The molecular weight excluding hydrogens is 260 g/mol. The number of benzene rings is 2. The van der Waals surface area contributed by atoms with Gasteiger partial charge in [-0.05, 0) is 13.0 Å². The molecular formula is C15H12O3S. The monoisotopic (exact) mass is 272 g/mol. The molecule has 1 atom stereocenters. The normalized spacial score (nSPS) is 14.6. The predicted octanol–water partition coefficient (Wildman–Crippen LogP) is 3.35. The van der Waals surface area contributed by atoms with Crippen LogP contribution in [0.4, 0.5) is 0 Å². The first-order chi connectivity index (χ1) is 9.01. The number of fused-ring (bicyclic) bond motifs is 3. The quantitative estimate of drug-likeness (QED) is 0.752. The largest absolute Gasteiger partial charge is 0.479 e. The lowest BCUT2D eigenvalue weighted by Gasteiger charge is -2.18. The van der Waals surface area contributed by atoms with Crippen LogP contribution < -0.4 is 0 Å². The van der Waals surface area contributed by atoms with Gasteiger partial charge in [-0.3, -0.25) is 0 Å². The van der Waals surface area contributed by atoms with Crippen molar-refractivity contribution >= 4 is 37.5 Å². The highest BCUT2D eigenvalue weighted by Gasteiger charge is 2.34. The molecule has 96 valence electrons. The summed E-state index contributed by atoms with van der Waals surface area (Å²) in [7, 11) is 0. The zero-order chi connectivity index (χ0) is 13.6. The lowest BCUT2D eigenvalue weighted by atomic mass is 9.94. The van der Waals surface area contributed by atoms with Crippen LogP contribution in [-0.2, 0) is 10.4 Å². The smallest absolute Gasteiger partial charge is 0.340 e. The number of hydrogen-bond acceptors (Lipinski definition) is 3. The molecule has 3 rings (SSSR count). The van der Waals surface area contributed by atoms with Gasteiger partial charge in [0.1, 0.15) is 0 Å². The van der Waals surface area contributed by atoms with Gasteiger partial charge in [0.25, 0.3) is 0 Å². The number of aliphatic hydroxyl groups is 1. The van der Waals surface area contributed by atoms with Crippen molar-refractivity contribution in [2.45, 2.75) is 12.5 Å². The van der Waals surface area contributed by atoms with E-state index in [1.807, 2.05) is 30.3 Å². The summed E-state index contributed by atoms with van der Waals surface area (Å²) in [6.45, 7) is 1.31. The third kappa shape index (κ3) is 1.72. The van der Waals surface area contributed by atoms with Gasteiger partial charge in [-0.25, -0.2) is 4.79 Å². The Labute approximate surface area is 113 Å². The van der Waals surface area contributed by atoms with E-state index in [0.29, 0.717) is 5.56 Å². The Bertz CT molecular complexity index is 786. The summed E-state index contributed by atoms with van der Waals surface area (Å²) in [4.78, 5) is 11.2. The Kier molecular flexibility index (Phi) is 2.59. The fourth-order valence-corrected chi connectivity index (χ4v) is 3.56.